The molecule has 0 aliphatic carbocycles. The van der Waals surface area contributed by atoms with Gasteiger partial charge in [-0.15, -0.1) is 0 Å². The van der Waals surface area contributed by atoms with E-state index in [1.807, 2.05) is 6.92 Å². The Bertz CT molecular complexity index is 532. The lowest BCUT2D eigenvalue weighted by atomic mass is 10.2. The number of hydrogen-bond acceptors (Lipinski definition) is 3. The molecule has 1 rings (SSSR count). The van der Waals surface area contributed by atoms with Gasteiger partial charge in [0.25, 0.3) is 0 Å². The van der Waals surface area contributed by atoms with E-state index in [0.717, 1.165) is 6.42 Å². The average molecular weight is 311 g/mol. The molecule has 1 aromatic carbocycles. The number of benzene rings is 1. The number of hydrogen-bond donors (Lipinski definition) is 1. The average Bonchev–Trinajstić information content (AvgIpc) is 2.31. The van der Waals surface area contributed by atoms with Gasteiger partial charge in [0.2, 0.25) is 10.0 Å². The zero-order valence-corrected chi connectivity index (χ0v) is 12.6. The molecule has 0 saturated heterocycles. The van der Waals surface area contributed by atoms with Crippen LogP contribution in [0.2, 0.25) is 10.0 Å². The van der Waals surface area contributed by atoms with Crippen molar-refractivity contribution in [2.24, 2.45) is 5.73 Å². The molecule has 18 heavy (non-hydrogen) atoms. The Hall–Kier alpha value is -0.330. The van der Waals surface area contributed by atoms with Crippen molar-refractivity contribution in [2.45, 2.75) is 24.8 Å². The second kappa shape index (κ2) is 6.21. The highest BCUT2D eigenvalue weighted by Gasteiger charge is 2.24. The lowest BCUT2D eigenvalue weighted by Gasteiger charge is -2.18. The summed E-state index contributed by atoms with van der Waals surface area (Å²) < 4.78 is 25.9. The van der Waals surface area contributed by atoms with Gasteiger partial charge in [-0.3, -0.25) is 0 Å². The SMILES string of the molecule is CCCN(C)S(=O)(=O)c1cc(Cl)cc(CN)c1Cl. The van der Waals surface area contributed by atoms with E-state index in [0.29, 0.717) is 17.1 Å². The summed E-state index contributed by atoms with van der Waals surface area (Å²) in [6.07, 6.45) is 0.720. The summed E-state index contributed by atoms with van der Waals surface area (Å²) in [5.74, 6) is 0. The summed E-state index contributed by atoms with van der Waals surface area (Å²) in [6.45, 7) is 2.46. The molecule has 7 heteroatoms. The summed E-state index contributed by atoms with van der Waals surface area (Å²) in [5.41, 5.74) is 6.04. The minimum absolute atomic E-state index is 0.00747. The van der Waals surface area contributed by atoms with Crippen LogP contribution in [-0.2, 0) is 16.6 Å². The maximum atomic E-state index is 12.3. The van der Waals surface area contributed by atoms with Crippen molar-refractivity contribution in [2.75, 3.05) is 13.6 Å². The zero-order valence-electron chi connectivity index (χ0n) is 10.3. The van der Waals surface area contributed by atoms with Gasteiger partial charge in [-0.2, -0.15) is 0 Å². The quantitative estimate of drug-likeness (QED) is 0.908. The third kappa shape index (κ3) is 3.16. The molecule has 0 aromatic heterocycles. The fraction of sp³-hybridized carbons (Fsp3) is 0.455. The molecule has 0 amide bonds. The summed E-state index contributed by atoms with van der Waals surface area (Å²) >= 11 is 12.0. The van der Waals surface area contributed by atoms with Gasteiger partial charge < -0.3 is 5.73 Å². The van der Waals surface area contributed by atoms with Crippen LogP contribution in [0.5, 0.6) is 0 Å². The van der Waals surface area contributed by atoms with E-state index in [-0.39, 0.29) is 16.5 Å². The van der Waals surface area contributed by atoms with Crippen molar-refractivity contribution in [3.05, 3.63) is 27.7 Å². The third-order valence-electron chi connectivity index (χ3n) is 2.53. The van der Waals surface area contributed by atoms with E-state index in [2.05, 4.69) is 0 Å². The molecule has 0 saturated carbocycles. The third-order valence-corrected chi connectivity index (χ3v) is 5.18. The van der Waals surface area contributed by atoms with Gasteiger partial charge >= 0.3 is 0 Å². The first kappa shape index (κ1) is 15.7. The van der Waals surface area contributed by atoms with Crippen molar-refractivity contribution < 1.29 is 8.42 Å². The van der Waals surface area contributed by atoms with Crippen LogP contribution in [0.3, 0.4) is 0 Å². The molecular formula is C11H16Cl2N2O2S. The predicted molar refractivity (Wildman–Crippen MR) is 74.5 cm³/mol. The lowest BCUT2D eigenvalue weighted by molar-refractivity contribution is 0.468. The Morgan fingerprint density at radius 3 is 2.44 bits per heavy atom. The van der Waals surface area contributed by atoms with Crippen molar-refractivity contribution in [3.8, 4) is 0 Å². The molecule has 1 aromatic rings. The first-order valence-electron chi connectivity index (χ1n) is 5.49. The molecule has 4 nitrogen and oxygen atoms in total. The van der Waals surface area contributed by atoms with Crippen molar-refractivity contribution in [1.29, 1.82) is 0 Å². The van der Waals surface area contributed by atoms with Crippen LogP contribution in [0.1, 0.15) is 18.9 Å². The van der Waals surface area contributed by atoms with Crippen LogP contribution < -0.4 is 5.73 Å². The monoisotopic (exact) mass is 310 g/mol. The Kier molecular flexibility index (Phi) is 5.43. The Morgan fingerprint density at radius 1 is 1.33 bits per heavy atom. The van der Waals surface area contributed by atoms with E-state index in [9.17, 15) is 8.42 Å². The molecule has 0 heterocycles. The van der Waals surface area contributed by atoms with Gasteiger partial charge in [0, 0.05) is 25.2 Å². The van der Waals surface area contributed by atoms with Crippen LogP contribution in [-0.4, -0.2) is 26.3 Å². The molecule has 0 atom stereocenters. The van der Waals surface area contributed by atoms with Crippen LogP contribution in [0.15, 0.2) is 17.0 Å². The number of halogens is 2. The van der Waals surface area contributed by atoms with Gasteiger partial charge in [-0.1, -0.05) is 30.1 Å². The molecule has 0 spiro atoms. The van der Waals surface area contributed by atoms with Gasteiger partial charge in [0.05, 0.1) is 5.02 Å². The highest BCUT2D eigenvalue weighted by Crippen LogP contribution is 2.30. The summed E-state index contributed by atoms with van der Waals surface area (Å²) in [4.78, 5) is 0.00747. The van der Waals surface area contributed by atoms with Crippen molar-refractivity contribution in [1.82, 2.24) is 4.31 Å². The summed E-state index contributed by atoms with van der Waals surface area (Å²) in [5, 5.41) is 0.452. The minimum Gasteiger partial charge on any atom is -0.326 e. The molecular weight excluding hydrogens is 295 g/mol. The standard InChI is InChI=1S/C11H16Cl2N2O2S/c1-3-4-15(2)18(16,17)10-6-9(12)5-8(7-14)11(10)13/h5-6H,3-4,7,14H2,1-2H3. The molecule has 2 N–H and O–H groups in total. The van der Waals surface area contributed by atoms with Crippen molar-refractivity contribution >= 4 is 33.2 Å². The molecule has 0 aliphatic heterocycles. The Morgan fingerprint density at radius 2 is 1.94 bits per heavy atom. The van der Waals surface area contributed by atoms with Crippen LogP contribution >= 0.6 is 23.2 Å². The van der Waals surface area contributed by atoms with Gasteiger partial charge in [-0.25, -0.2) is 12.7 Å². The second-order valence-corrected chi connectivity index (χ2v) is 6.74. The normalized spacial score (nSPS) is 12.1. The van der Waals surface area contributed by atoms with Crippen LogP contribution in [0.4, 0.5) is 0 Å². The molecule has 0 unspecified atom stereocenters. The Balaban J connectivity index is 3.37. The minimum atomic E-state index is -3.63. The van der Waals surface area contributed by atoms with Crippen LogP contribution in [0.25, 0.3) is 0 Å². The first-order chi connectivity index (χ1) is 8.34. The summed E-state index contributed by atoms with van der Waals surface area (Å²) in [6, 6.07) is 2.92. The van der Waals surface area contributed by atoms with E-state index in [1.54, 1.807) is 6.07 Å². The van der Waals surface area contributed by atoms with E-state index in [1.165, 1.54) is 17.4 Å². The van der Waals surface area contributed by atoms with E-state index in [4.69, 9.17) is 28.9 Å². The molecule has 0 radical (unpaired) electrons. The van der Waals surface area contributed by atoms with Gasteiger partial charge in [0.15, 0.2) is 0 Å². The first-order valence-corrected chi connectivity index (χ1v) is 7.68. The molecule has 0 fully saturated rings. The van der Waals surface area contributed by atoms with Gasteiger partial charge in [0.1, 0.15) is 4.90 Å². The van der Waals surface area contributed by atoms with Crippen LogP contribution in [0, 0.1) is 0 Å². The number of rotatable bonds is 5. The van der Waals surface area contributed by atoms with Gasteiger partial charge in [-0.05, 0) is 24.1 Å². The Labute approximate surface area is 118 Å². The predicted octanol–water partition coefficient (Wildman–Crippen LogP) is 2.48. The fourth-order valence-electron chi connectivity index (χ4n) is 1.56. The molecule has 102 valence electrons. The number of nitrogens with two attached hydrogens (primary N) is 1. The number of sulfonamides is 1. The second-order valence-electron chi connectivity index (χ2n) is 3.91. The topological polar surface area (TPSA) is 63.4 Å². The van der Waals surface area contributed by atoms with Crippen molar-refractivity contribution in [3.63, 3.8) is 0 Å². The highest BCUT2D eigenvalue weighted by molar-refractivity contribution is 7.89. The highest BCUT2D eigenvalue weighted by atomic mass is 35.5. The van der Waals surface area contributed by atoms with E-state index >= 15 is 0 Å². The smallest absolute Gasteiger partial charge is 0.244 e. The molecule has 0 aliphatic rings. The molecule has 0 bridgehead atoms. The van der Waals surface area contributed by atoms with E-state index < -0.39 is 10.0 Å². The largest absolute Gasteiger partial charge is 0.326 e. The maximum absolute atomic E-state index is 12.3. The number of nitrogens with zero attached hydrogens (tertiary/aromatic N) is 1. The fourth-order valence-corrected chi connectivity index (χ4v) is 3.73. The maximum Gasteiger partial charge on any atom is 0.244 e. The summed E-state index contributed by atoms with van der Waals surface area (Å²) in [7, 11) is -2.11. The lowest BCUT2D eigenvalue weighted by Crippen LogP contribution is -2.28. The zero-order chi connectivity index (χ0) is 13.9.